The van der Waals surface area contributed by atoms with Crippen molar-refractivity contribution in [2.75, 3.05) is 35.8 Å². The molecule has 1 aromatic heterocycles. The highest BCUT2D eigenvalue weighted by atomic mass is 16.2. The number of amides is 2. The minimum Gasteiger partial charge on any atom is -0.358 e. The Balaban J connectivity index is 1.90. The fourth-order valence-corrected chi connectivity index (χ4v) is 3.70. The Bertz CT molecular complexity index is 910. The highest BCUT2D eigenvalue weighted by Gasteiger charge is 2.35. The highest BCUT2D eigenvalue weighted by molar-refractivity contribution is 6.05. The summed E-state index contributed by atoms with van der Waals surface area (Å²) in [4.78, 5) is 33.0. The van der Waals surface area contributed by atoms with Crippen LogP contribution in [0.25, 0.3) is 0 Å². The van der Waals surface area contributed by atoms with Gasteiger partial charge in [-0.15, -0.1) is 0 Å². The van der Waals surface area contributed by atoms with Crippen LogP contribution in [0.15, 0.2) is 36.5 Å². The summed E-state index contributed by atoms with van der Waals surface area (Å²) >= 11 is 0. The highest BCUT2D eigenvalue weighted by Crippen LogP contribution is 2.38. The van der Waals surface area contributed by atoms with Gasteiger partial charge in [0.25, 0.3) is 5.91 Å². The van der Waals surface area contributed by atoms with E-state index in [2.05, 4.69) is 41.3 Å². The zero-order valence-corrected chi connectivity index (χ0v) is 18.4. The number of benzene rings is 1. The molecule has 2 N–H and O–H groups in total. The summed E-state index contributed by atoms with van der Waals surface area (Å²) in [6, 6.07) is 9.10. The largest absolute Gasteiger partial charge is 0.358 e. The van der Waals surface area contributed by atoms with Crippen molar-refractivity contribution in [3.05, 3.63) is 42.1 Å². The van der Waals surface area contributed by atoms with E-state index in [4.69, 9.17) is 0 Å². The summed E-state index contributed by atoms with van der Waals surface area (Å²) in [5, 5.41) is 5.93. The van der Waals surface area contributed by atoms with Crippen LogP contribution < -0.4 is 20.4 Å². The number of carbonyl (C=O) groups excluding carboxylic acids is 2. The molecule has 0 aliphatic carbocycles. The van der Waals surface area contributed by atoms with Gasteiger partial charge in [-0.25, -0.2) is 4.98 Å². The van der Waals surface area contributed by atoms with Crippen LogP contribution >= 0.6 is 0 Å². The van der Waals surface area contributed by atoms with Crippen LogP contribution in [0.5, 0.6) is 0 Å². The molecule has 0 spiro atoms. The number of aromatic nitrogens is 1. The molecule has 0 saturated carbocycles. The molecular formula is C23H31N5O2. The monoisotopic (exact) mass is 409 g/mol. The Morgan fingerprint density at radius 2 is 1.90 bits per heavy atom. The molecule has 2 heterocycles. The molecule has 1 aliphatic rings. The molecule has 0 radical (unpaired) electrons. The Morgan fingerprint density at radius 3 is 2.50 bits per heavy atom. The second-order valence-corrected chi connectivity index (χ2v) is 8.04. The first kappa shape index (κ1) is 21.6. The first-order valence-electron chi connectivity index (χ1n) is 10.5. The average Bonchev–Trinajstić information content (AvgIpc) is 2.75. The first-order chi connectivity index (χ1) is 14.3. The molecule has 3 rings (SSSR count). The second kappa shape index (κ2) is 9.15. The van der Waals surface area contributed by atoms with E-state index in [0.29, 0.717) is 17.3 Å². The lowest BCUT2D eigenvalue weighted by Crippen LogP contribution is -2.52. The van der Waals surface area contributed by atoms with E-state index >= 15 is 0 Å². The van der Waals surface area contributed by atoms with E-state index in [0.717, 1.165) is 36.4 Å². The Labute approximate surface area is 178 Å². The van der Waals surface area contributed by atoms with E-state index in [1.54, 1.807) is 30.3 Å². The lowest BCUT2D eigenvalue weighted by atomic mass is 10.0. The summed E-state index contributed by atoms with van der Waals surface area (Å²) in [7, 11) is 3.43. The predicted molar refractivity (Wildman–Crippen MR) is 122 cm³/mol. The van der Waals surface area contributed by atoms with Gasteiger partial charge in [0.1, 0.15) is 11.9 Å². The van der Waals surface area contributed by atoms with Gasteiger partial charge in [-0.2, -0.15) is 0 Å². The summed E-state index contributed by atoms with van der Waals surface area (Å²) < 4.78 is 0. The summed E-state index contributed by atoms with van der Waals surface area (Å²) in [5.41, 5.74) is 3.29. The van der Waals surface area contributed by atoms with Crippen LogP contribution in [0, 0.1) is 5.92 Å². The normalized spacial score (nSPS) is 15.9. The first-order valence-corrected chi connectivity index (χ1v) is 10.5. The van der Waals surface area contributed by atoms with Crippen molar-refractivity contribution in [2.24, 2.45) is 5.92 Å². The van der Waals surface area contributed by atoms with E-state index in [1.807, 2.05) is 25.2 Å². The maximum Gasteiger partial charge on any atom is 0.251 e. The number of hydrogen-bond acceptors (Lipinski definition) is 5. The third kappa shape index (κ3) is 4.40. The predicted octanol–water partition coefficient (Wildman–Crippen LogP) is 3.79. The summed E-state index contributed by atoms with van der Waals surface area (Å²) in [6.07, 6.45) is 3.52. The Morgan fingerprint density at radius 1 is 1.20 bits per heavy atom. The smallest absolute Gasteiger partial charge is 0.251 e. The molecule has 7 nitrogen and oxygen atoms in total. The van der Waals surface area contributed by atoms with Crippen molar-refractivity contribution < 1.29 is 9.59 Å². The van der Waals surface area contributed by atoms with E-state index < -0.39 is 0 Å². The van der Waals surface area contributed by atoms with Gasteiger partial charge in [-0.1, -0.05) is 20.8 Å². The Hall–Kier alpha value is -3.09. The third-order valence-electron chi connectivity index (χ3n) is 5.51. The van der Waals surface area contributed by atoms with Crippen molar-refractivity contribution in [1.29, 1.82) is 0 Å². The number of anilines is 4. The van der Waals surface area contributed by atoms with Gasteiger partial charge in [0.15, 0.2) is 0 Å². The van der Waals surface area contributed by atoms with Crippen molar-refractivity contribution in [2.45, 2.75) is 39.7 Å². The molecule has 7 heteroatoms. The number of nitrogens with zero attached hydrogens (tertiary/aromatic N) is 3. The fourth-order valence-electron chi connectivity index (χ4n) is 3.70. The average molecular weight is 410 g/mol. The standard InChI is InChI=1S/C23H31N5O2/c1-6-18-23(30)27(5)20-14-25-21(13-19(20)28(18)12-11-15(2)3)26-17-9-7-16(8-10-17)22(29)24-4/h7-10,13-15,18H,6,11-12H2,1-5H3,(H,24,29)(H,25,26). The van der Waals surface area contributed by atoms with Gasteiger partial charge in [0.2, 0.25) is 5.91 Å². The van der Waals surface area contributed by atoms with E-state index in [-0.39, 0.29) is 17.9 Å². The molecule has 0 saturated heterocycles. The topological polar surface area (TPSA) is 77.6 Å². The van der Waals surface area contributed by atoms with Crippen LogP contribution in [0.4, 0.5) is 22.9 Å². The fraction of sp³-hybridized carbons (Fsp3) is 0.435. The lowest BCUT2D eigenvalue weighted by Gasteiger charge is -2.41. The molecule has 30 heavy (non-hydrogen) atoms. The van der Waals surface area contributed by atoms with Crippen molar-refractivity contribution in [3.8, 4) is 0 Å². The number of rotatable bonds is 7. The number of hydrogen-bond donors (Lipinski definition) is 2. The number of carbonyl (C=O) groups is 2. The van der Waals surface area contributed by atoms with Gasteiger partial charge >= 0.3 is 0 Å². The minimum atomic E-state index is -0.164. The number of likely N-dealkylation sites (N-methyl/N-ethyl adjacent to an activating group) is 1. The molecule has 0 bridgehead atoms. The van der Waals surface area contributed by atoms with Crippen LogP contribution in [0.2, 0.25) is 0 Å². The van der Waals surface area contributed by atoms with Crippen molar-refractivity contribution >= 4 is 34.7 Å². The summed E-state index contributed by atoms with van der Waals surface area (Å²) in [5.74, 6) is 1.25. The SMILES string of the molecule is CCC1C(=O)N(C)c2cnc(Nc3ccc(C(=O)NC)cc3)cc2N1CCC(C)C. The molecule has 1 unspecified atom stereocenters. The van der Waals surface area contributed by atoms with Gasteiger partial charge in [0, 0.05) is 38.0 Å². The zero-order chi connectivity index (χ0) is 21.8. The lowest BCUT2D eigenvalue weighted by molar-refractivity contribution is -0.120. The van der Waals surface area contributed by atoms with E-state index in [9.17, 15) is 9.59 Å². The maximum atomic E-state index is 12.9. The quantitative estimate of drug-likeness (QED) is 0.727. The van der Waals surface area contributed by atoms with Crippen LogP contribution in [-0.4, -0.2) is 43.5 Å². The molecule has 2 aromatic rings. The van der Waals surface area contributed by atoms with Crippen LogP contribution in [0.1, 0.15) is 44.0 Å². The minimum absolute atomic E-state index is 0.112. The van der Waals surface area contributed by atoms with Crippen molar-refractivity contribution in [1.82, 2.24) is 10.3 Å². The van der Waals surface area contributed by atoms with Gasteiger partial charge in [-0.05, 0) is 43.0 Å². The zero-order valence-electron chi connectivity index (χ0n) is 18.4. The maximum absolute atomic E-state index is 12.9. The Kier molecular flexibility index (Phi) is 6.59. The summed E-state index contributed by atoms with van der Waals surface area (Å²) in [6.45, 7) is 7.27. The second-order valence-electron chi connectivity index (χ2n) is 8.04. The molecular weight excluding hydrogens is 378 g/mol. The molecule has 1 aliphatic heterocycles. The third-order valence-corrected chi connectivity index (χ3v) is 5.51. The van der Waals surface area contributed by atoms with Gasteiger partial charge in [0.05, 0.1) is 17.6 Å². The van der Waals surface area contributed by atoms with Gasteiger partial charge in [-0.3, -0.25) is 9.59 Å². The molecule has 160 valence electrons. The number of fused-ring (bicyclic) bond motifs is 1. The van der Waals surface area contributed by atoms with Crippen LogP contribution in [0.3, 0.4) is 0 Å². The molecule has 2 amide bonds. The van der Waals surface area contributed by atoms with Gasteiger partial charge < -0.3 is 20.4 Å². The number of nitrogens with one attached hydrogen (secondary N) is 2. The molecule has 0 fully saturated rings. The van der Waals surface area contributed by atoms with Crippen molar-refractivity contribution in [3.63, 3.8) is 0 Å². The molecule has 1 atom stereocenters. The van der Waals surface area contributed by atoms with E-state index in [1.165, 1.54) is 0 Å². The number of pyridine rings is 1. The molecule has 1 aromatic carbocycles. The van der Waals surface area contributed by atoms with Crippen LogP contribution in [-0.2, 0) is 4.79 Å².